The van der Waals surface area contributed by atoms with Gasteiger partial charge in [0.1, 0.15) is 12.4 Å². The van der Waals surface area contributed by atoms with Crippen LogP contribution in [0.3, 0.4) is 0 Å². The van der Waals surface area contributed by atoms with Gasteiger partial charge in [0.2, 0.25) is 0 Å². The summed E-state index contributed by atoms with van der Waals surface area (Å²) in [6.07, 6.45) is 1.94. The van der Waals surface area contributed by atoms with Gasteiger partial charge in [0.25, 0.3) is 0 Å². The monoisotopic (exact) mass is 201 g/mol. The van der Waals surface area contributed by atoms with E-state index in [1.165, 1.54) is 18.0 Å². The van der Waals surface area contributed by atoms with Crippen molar-refractivity contribution >= 4 is 5.97 Å². The Kier molecular flexibility index (Phi) is 3.55. The predicted molar refractivity (Wildman–Crippen MR) is 46.2 cm³/mol. The molecule has 1 heterocycles. The van der Waals surface area contributed by atoms with Crippen LogP contribution in [0.4, 0.5) is 4.39 Å². The summed E-state index contributed by atoms with van der Waals surface area (Å²) < 4.78 is 18.1. The lowest BCUT2D eigenvalue weighted by Crippen LogP contribution is -2.20. The fraction of sp³-hybridized carbons (Fsp3) is 0.625. The van der Waals surface area contributed by atoms with E-state index < -0.39 is 18.7 Å². The molecule has 0 aliphatic rings. The molecule has 1 rings (SSSR count). The van der Waals surface area contributed by atoms with Crippen LogP contribution in [0.15, 0.2) is 6.20 Å². The number of aromatic nitrogens is 3. The minimum absolute atomic E-state index is 0.215. The Morgan fingerprint density at radius 3 is 2.93 bits per heavy atom. The van der Waals surface area contributed by atoms with Gasteiger partial charge in [-0.1, -0.05) is 12.1 Å². The van der Waals surface area contributed by atoms with E-state index in [4.69, 9.17) is 0 Å². The van der Waals surface area contributed by atoms with E-state index in [0.717, 1.165) is 0 Å². The van der Waals surface area contributed by atoms with Crippen molar-refractivity contribution in [1.82, 2.24) is 15.0 Å². The third-order valence-corrected chi connectivity index (χ3v) is 1.87. The van der Waals surface area contributed by atoms with Crippen LogP contribution in [-0.4, -0.2) is 28.1 Å². The molecule has 1 aromatic heterocycles. The molecular weight excluding hydrogens is 189 g/mol. The normalized spacial score (nSPS) is 12.5. The van der Waals surface area contributed by atoms with Crippen LogP contribution in [0.2, 0.25) is 0 Å². The van der Waals surface area contributed by atoms with E-state index in [0.29, 0.717) is 6.42 Å². The van der Waals surface area contributed by atoms with Gasteiger partial charge in [0.15, 0.2) is 6.04 Å². The van der Waals surface area contributed by atoms with Gasteiger partial charge < -0.3 is 4.74 Å². The Hall–Kier alpha value is -1.46. The van der Waals surface area contributed by atoms with Crippen LogP contribution in [-0.2, 0) is 16.2 Å². The van der Waals surface area contributed by atoms with E-state index >= 15 is 0 Å². The molecule has 0 amide bonds. The van der Waals surface area contributed by atoms with Crippen molar-refractivity contribution in [2.45, 2.75) is 26.1 Å². The standard InChI is InChI=1S/C8H12FN3O2/c1-3-7(8(13)14-2)12-5-6(4-9)10-11-12/h5,7H,3-4H2,1-2H3/t7-/m0/s1. The number of methoxy groups -OCH3 is 1. The summed E-state index contributed by atoms with van der Waals surface area (Å²) in [4.78, 5) is 11.2. The van der Waals surface area contributed by atoms with Crippen molar-refractivity contribution in [3.63, 3.8) is 0 Å². The molecule has 0 radical (unpaired) electrons. The summed E-state index contributed by atoms with van der Waals surface area (Å²) in [6.45, 7) is 1.13. The Morgan fingerprint density at radius 2 is 2.50 bits per heavy atom. The van der Waals surface area contributed by atoms with Gasteiger partial charge in [-0.3, -0.25) is 0 Å². The second-order valence-corrected chi connectivity index (χ2v) is 2.77. The first-order valence-corrected chi connectivity index (χ1v) is 4.27. The van der Waals surface area contributed by atoms with Crippen LogP contribution in [0.25, 0.3) is 0 Å². The number of hydrogen-bond acceptors (Lipinski definition) is 4. The molecule has 0 aliphatic carbocycles. The highest BCUT2D eigenvalue weighted by Gasteiger charge is 2.20. The topological polar surface area (TPSA) is 57.0 Å². The average Bonchev–Trinajstić information content (AvgIpc) is 2.67. The first kappa shape index (κ1) is 10.6. The Labute approximate surface area is 80.9 Å². The molecular formula is C8H12FN3O2. The molecule has 0 aromatic carbocycles. The maximum absolute atomic E-state index is 12.2. The summed E-state index contributed by atoms with van der Waals surface area (Å²) in [6, 6.07) is -0.521. The van der Waals surface area contributed by atoms with Gasteiger partial charge in [-0.25, -0.2) is 13.9 Å². The zero-order valence-electron chi connectivity index (χ0n) is 8.11. The van der Waals surface area contributed by atoms with Crippen molar-refractivity contribution in [1.29, 1.82) is 0 Å². The maximum atomic E-state index is 12.2. The first-order chi connectivity index (χ1) is 6.72. The van der Waals surface area contributed by atoms with E-state index in [9.17, 15) is 9.18 Å². The third-order valence-electron chi connectivity index (χ3n) is 1.87. The number of esters is 1. The van der Waals surface area contributed by atoms with Crippen LogP contribution in [0.5, 0.6) is 0 Å². The molecule has 14 heavy (non-hydrogen) atoms. The van der Waals surface area contributed by atoms with Crippen molar-refractivity contribution in [2.75, 3.05) is 7.11 Å². The van der Waals surface area contributed by atoms with Gasteiger partial charge in [-0.05, 0) is 6.42 Å². The fourth-order valence-corrected chi connectivity index (χ4v) is 1.12. The van der Waals surface area contributed by atoms with Crippen LogP contribution < -0.4 is 0 Å². The van der Waals surface area contributed by atoms with E-state index in [-0.39, 0.29) is 5.69 Å². The Morgan fingerprint density at radius 1 is 1.79 bits per heavy atom. The Bertz CT molecular complexity index is 313. The second-order valence-electron chi connectivity index (χ2n) is 2.77. The summed E-state index contributed by atoms with van der Waals surface area (Å²) in [5, 5.41) is 7.20. The number of alkyl halides is 1. The highest BCUT2D eigenvalue weighted by molar-refractivity contribution is 5.73. The number of halogens is 1. The molecule has 0 aliphatic heterocycles. The molecule has 0 saturated carbocycles. The summed E-state index contributed by atoms with van der Waals surface area (Å²) in [5.74, 6) is -0.400. The predicted octanol–water partition coefficient (Wildman–Crippen LogP) is 0.872. The molecule has 0 unspecified atom stereocenters. The van der Waals surface area contributed by atoms with Crippen LogP contribution in [0.1, 0.15) is 25.1 Å². The van der Waals surface area contributed by atoms with Gasteiger partial charge in [-0.2, -0.15) is 0 Å². The highest BCUT2D eigenvalue weighted by Crippen LogP contribution is 2.11. The molecule has 78 valence electrons. The van der Waals surface area contributed by atoms with Gasteiger partial charge >= 0.3 is 5.97 Å². The molecule has 5 nitrogen and oxygen atoms in total. The Balaban J connectivity index is 2.83. The van der Waals surface area contributed by atoms with Gasteiger partial charge in [0.05, 0.1) is 13.3 Å². The molecule has 6 heteroatoms. The molecule has 0 N–H and O–H groups in total. The van der Waals surface area contributed by atoms with Crippen LogP contribution >= 0.6 is 0 Å². The summed E-state index contributed by atoms with van der Waals surface area (Å²) in [7, 11) is 1.30. The van der Waals surface area contributed by atoms with E-state index in [1.54, 1.807) is 0 Å². The number of rotatable bonds is 4. The molecule has 0 saturated heterocycles. The SMILES string of the molecule is CC[C@@H](C(=O)OC)n1cc(CF)nn1. The number of nitrogens with zero attached hydrogens (tertiary/aromatic N) is 3. The largest absolute Gasteiger partial charge is 0.467 e. The van der Waals surface area contributed by atoms with Crippen molar-refractivity contribution in [2.24, 2.45) is 0 Å². The lowest BCUT2D eigenvalue weighted by atomic mass is 10.2. The van der Waals surface area contributed by atoms with Crippen LogP contribution in [0, 0.1) is 0 Å². The summed E-state index contributed by atoms with van der Waals surface area (Å²) in [5.41, 5.74) is 0.215. The molecule has 0 fully saturated rings. The van der Waals surface area contributed by atoms with Gasteiger partial charge in [0, 0.05) is 0 Å². The maximum Gasteiger partial charge on any atom is 0.330 e. The zero-order valence-corrected chi connectivity index (χ0v) is 8.11. The lowest BCUT2D eigenvalue weighted by Gasteiger charge is -2.11. The number of hydrogen-bond donors (Lipinski definition) is 0. The minimum atomic E-state index is -0.683. The number of carbonyl (C=O) groups is 1. The highest BCUT2D eigenvalue weighted by atomic mass is 19.1. The van der Waals surface area contributed by atoms with Crippen molar-refractivity contribution in [3.05, 3.63) is 11.9 Å². The first-order valence-electron chi connectivity index (χ1n) is 4.27. The molecule has 0 bridgehead atoms. The number of carbonyl (C=O) groups excluding carboxylic acids is 1. The molecule has 0 spiro atoms. The fourth-order valence-electron chi connectivity index (χ4n) is 1.12. The average molecular weight is 201 g/mol. The quantitative estimate of drug-likeness (QED) is 0.678. The van der Waals surface area contributed by atoms with E-state index in [1.807, 2.05) is 6.92 Å². The second kappa shape index (κ2) is 4.69. The number of ether oxygens (including phenoxy) is 1. The van der Waals surface area contributed by atoms with Crippen molar-refractivity contribution in [3.8, 4) is 0 Å². The van der Waals surface area contributed by atoms with Crippen molar-refractivity contribution < 1.29 is 13.9 Å². The third kappa shape index (κ3) is 2.07. The smallest absolute Gasteiger partial charge is 0.330 e. The van der Waals surface area contributed by atoms with Gasteiger partial charge in [-0.15, -0.1) is 5.10 Å². The zero-order chi connectivity index (χ0) is 10.6. The van der Waals surface area contributed by atoms with E-state index in [2.05, 4.69) is 15.0 Å². The summed E-state index contributed by atoms with van der Waals surface area (Å²) >= 11 is 0. The molecule has 1 aromatic rings. The minimum Gasteiger partial charge on any atom is -0.467 e. The molecule has 1 atom stereocenters. The lowest BCUT2D eigenvalue weighted by molar-refractivity contribution is -0.145.